The Kier molecular flexibility index (Phi) is 13.7. The average Bonchev–Trinajstić information content (AvgIpc) is 2.16. The van der Waals surface area contributed by atoms with Gasteiger partial charge in [0, 0.05) is 13.5 Å². The van der Waals surface area contributed by atoms with Crippen LogP contribution in [0.15, 0.2) is 0 Å². The van der Waals surface area contributed by atoms with Crippen LogP contribution in [0.5, 0.6) is 0 Å². The molecular formula is C10H22N2O3. The third kappa shape index (κ3) is 24.5. The predicted molar refractivity (Wildman–Crippen MR) is 59.7 cm³/mol. The number of primary amides is 1. The summed E-state index contributed by atoms with van der Waals surface area (Å²) in [5.74, 6) is 0.168. The maximum atomic E-state index is 10.7. The number of hydrogen-bond acceptors (Lipinski definition) is 2. The van der Waals surface area contributed by atoms with Crippen molar-refractivity contribution in [3.8, 4) is 0 Å². The van der Waals surface area contributed by atoms with E-state index in [1.807, 2.05) is 0 Å². The number of hydrogen-bond donors (Lipinski definition) is 3. The molecule has 0 atom stereocenters. The van der Waals surface area contributed by atoms with E-state index >= 15 is 0 Å². The molecule has 0 saturated carbocycles. The fourth-order valence-corrected chi connectivity index (χ4v) is 1.01. The Balaban J connectivity index is 0. The van der Waals surface area contributed by atoms with Crippen molar-refractivity contribution in [3.63, 3.8) is 0 Å². The molecule has 0 radical (unpaired) electrons. The van der Waals surface area contributed by atoms with Gasteiger partial charge in [-0.1, -0.05) is 32.6 Å². The molecule has 4 N–H and O–H groups in total. The van der Waals surface area contributed by atoms with Crippen molar-refractivity contribution in [2.75, 3.05) is 7.05 Å². The highest BCUT2D eigenvalue weighted by Gasteiger charge is 1.95. The predicted octanol–water partition coefficient (Wildman–Crippen LogP) is 1.72. The largest absolute Gasteiger partial charge is 0.465 e. The second-order valence-corrected chi connectivity index (χ2v) is 3.18. The third-order valence-corrected chi connectivity index (χ3v) is 1.79. The molecule has 15 heavy (non-hydrogen) atoms. The van der Waals surface area contributed by atoms with Crippen molar-refractivity contribution in [1.29, 1.82) is 0 Å². The fourth-order valence-electron chi connectivity index (χ4n) is 1.01. The molecule has 0 aromatic carbocycles. The van der Waals surface area contributed by atoms with Crippen molar-refractivity contribution in [2.45, 2.75) is 45.4 Å². The monoisotopic (exact) mass is 218 g/mol. The summed E-state index contributed by atoms with van der Waals surface area (Å²) in [7, 11) is 1.69. The SMILES string of the molecule is CCCCCCCC(=O)NC.NC(=O)O. The Morgan fingerprint density at radius 1 is 1.20 bits per heavy atom. The van der Waals surface area contributed by atoms with E-state index in [1.165, 1.54) is 25.7 Å². The second-order valence-electron chi connectivity index (χ2n) is 3.18. The number of rotatable bonds is 6. The molecule has 0 aromatic rings. The highest BCUT2D eigenvalue weighted by Crippen LogP contribution is 2.04. The van der Waals surface area contributed by atoms with Gasteiger partial charge >= 0.3 is 6.09 Å². The normalized spacial score (nSPS) is 8.67. The summed E-state index contributed by atoms with van der Waals surface area (Å²) < 4.78 is 0. The van der Waals surface area contributed by atoms with Gasteiger partial charge in [0.25, 0.3) is 0 Å². The van der Waals surface area contributed by atoms with E-state index in [4.69, 9.17) is 9.90 Å². The highest BCUT2D eigenvalue weighted by molar-refractivity contribution is 5.75. The molecule has 0 fully saturated rings. The standard InChI is InChI=1S/C9H19NO.CH3NO2/c1-3-4-5-6-7-8-9(11)10-2;2-1(3)4/h3-8H2,1-2H3,(H,10,11);2H2,(H,3,4). The van der Waals surface area contributed by atoms with E-state index in [0.717, 1.165) is 6.42 Å². The first kappa shape index (κ1) is 16.2. The van der Waals surface area contributed by atoms with Gasteiger partial charge in [0.1, 0.15) is 0 Å². The van der Waals surface area contributed by atoms with E-state index in [1.54, 1.807) is 7.05 Å². The van der Waals surface area contributed by atoms with Crippen LogP contribution in [0, 0.1) is 0 Å². The smallest absolute Gasteiger partial charge is 0.402 e. The summed E-state index contributed by atoms with van der Waals surface area (Å²) in [6.07, 6.45) is 5.43. The summed E-state index contributed by atoms with van der Waals surface area (Å²) in [6.45, 7) is 2.19. The summed E-state index contributed by atoms with van der Waals surface area (Å²) in [4.78, 5) is 19.5. The number of nitrogens with two attached hydrogens (primary N) is 1. The first-order valence-corrected chi connectivity index (χ1v) is 5.23. The van der Waals surface area contributed by atoms with E-state index in [2.05, 4.69) is 18.0 Å². The Labute approximate surface area is 91.0 Å². The van der Waals surface area contributed by atoms with Crippen molar-refractivity contribution in [1.82, 2.24) is 5.32 Å². The van der Waals surface area contributed by atoms with Gasteiger partial charge in [0.15, 0.2) is 0 Å². The first-order chi connectivity index (χ1) is 7.04. The van der Waals surface area contributed by atoms with E-state index < -0.39 is 6.09 Å². The van der Waals surface area contributed by atoms with Crippen LogP contribution in [0.2, 0.25) is 0 Å². The van der Waals surface area contributed by atoms with E-state index in [0.29, 0.717) is 6.42 Å². The number of amides is 2. The molecule has 0 bridgehead atoms. The van der Waals surface area contributed by atoms with Gasteiger partial charge in [-0.05, 0) is 6.42 Å². The molecule has 0 aliphatic carbocycles. The summed E-state index contributed by atoms with van der Waals surface area (Å²) in [6, 6.07) is 0. The molecule has 0 spiro atoms. The van der Waals surface area contributed by atoms with Gasteiger partial charge in [0.05, 0.1) is 0 Å². The zero-order valence-electron chi connectivity index (χ0n) is 9.58. The van der Waals surface area contributed by atoms with Crippen molar-refractivity contribution >= 4 is 12.0 Å². The average molecular weight is 218 g/mol. The van der Waals surface area contributed by atoms with Crippen LogP contribution in [0.25, 0.3) is 0 Å². The molecule has 0 rings (SSSR count). The van der Waals surface area contributed by atoms with Crippen LogP contribution in [0.3, 0.4) is 0 Å². The van der Waals surface area contributed by atoms with Gasteiger partial charge in [-0.3, -0.25) is 4.79 Å². The minimum absolute atomic E-state index is 0.168. The lowest BCUT2D eigenvalue weighted by atomic mass is 10.1. The van der Waals surface area contributed by atoms with Crippen molar-refractivity contribution in [2.24, 2.45) is 5.73 Å². The fraction of sp³-hybridized carbons (Fsp3) is 0.800. The minimum Gasteiger partial charge on any atom is -0.465 e. The quantitative estimate of drug-likeness (QED) is 0.592. The summed E-state index contributed by atoms with van der Waals surface area (Å²) >= 11 is 0. The van der Waals surface area contributed by atoms with Gasteiger partial charge in [-0.2, -0.15) is 0 Å². The van der Waals surface area contributed by atoms with E-state index in [-0.39, 0.29) is 5.91 Å². The topological polar surface area (TPSA) is 92.4 Å². The first-order valence-electron chi connectivity index (χ1n) is 5.23. The second kappa shape index (κ2) is 12.7. The summed E-state index contributed by atoms with van der Waals surface area (Å²) in [5, 5.41) is 9.81. The lowest BCUT2D eigenvalue weighted by Gasteiger charge is -1.98. The van der Waals surface area contributed by atoms with Crippen LogP contribution in [-0.2, 0) is 4.79 Å². The Bertz CT molecular complexity index is 168. The number of carbonyl (C=O) groups is 2. The Morgan fingerprint density at radius 2 is 1.67 bits per heavy atom. The number of nitrogens with one attached hydrogen (secondary N) is 1. The van der Waals surface area contributed by atoms with Crippen LogP contribution in [0.1, 0.15) is 45.4 Å². The highest BCUT2D eigenvalue weighted by atomic mass is 16.4. The van der Waals surface area contributed by atoms with Gasteiger partial charge in [-0.15, -0.1) is 0 Å². The van der Waals surface area contributed by atoms with Crippen LogP contribution >= 0.6 is 0 Å². The van der Waals surface area contributed by atoms with Crippen LogP contribution in [-0.4, -0.2) is 24.2 Å². The molecule has 0 aliphatic heterocycles. The van der Waals surface area contributed by atoms with Crippen LogP contribution in [0.4, 0.5) is 4.79 Å². The van der Waals surface area contributed by atoms with E-state index in [9.17, 15) is 4.79 Å². The lowest BCUT2D eigenvalue weighted by molar-refractivity contribution is -0.120. The van der Waals surface area contributed by atoms with Gasteiger partial charge in [0.2, 0.25) is 5.91 Å². The molecule has 5 nitrogen and oxygen atoms in total. The molecule has 5 heteroatoms. The maximum absolute atomic E-state index is 10.7. The molecule has 90 valence electrons. The molecule has 2 amide bonds. The molecule has 0 aromatic heterocycles. The molecule has 0 unspecified atom stereocenters. The molecule has 0 heterocycles. The lowest BCUT2D eigenvalue weighted by Crippen LogP contribution is -2.16. The Hall–Kier alpha value is -1.26. The number of unbranched alkanes of at least 4 members (excludes halogenated alkanes) is 4. The van der Waals surface area contributed by atoms with Crippen molar-refractivity contribution < 1.29 is 14.7 Å². The van der Waals surface area contributed by atoms with Crippen molar-refractivity contribution in [3.05, 3.63) is 0 Å². The minimum atomic E-state index is -1.33. The zero-order valence-corrected chi connectivity index (χ0v) is 9.58. The van der Waals surface area contributed by atoms with Gasteiger partial charge in [-0.25, -0.2) is 4.79 Å². The summed E-state index contributed by atoms with van der Waals surface area (Å²) in [5.41, 5.74) is 4.03. The maximum Gasteiger partial charge on any atom is 0.402 e. The van der Waals surface area contributed by atoms with Crippen LogP contribution < -0.4 is 11.1 Å². The third-order valence-electron chi connectivity index (χ3n) is 1.79. The Morgan fingerprint density at radius 3 is 2.07 bits per heavy atom. The molecular weight excluding hydrogens is 196 g/mol. The molecule has 0 saturated heterocycles. The number of carboxylic acid groups (broad SMARTS) is 1. The molecule has 0 aliphatic rings. The zero-order chi connectivity index (χ0) is 12.1. The number of carbonyl (C=O) groups excluding carboxylic acids is 1. The van der Waals surface area contributed by atoms with Gasteiger partial charge < -0.3 is 16.2 Å².